The first kappa shape index (κ1) is 71.6. The number of rotatable bonds is 61. The molecule has 6 nitrogen and oxygen atoms in total. The maximum absolute atomic E-state index is 12.8. The molecule has 74 heavy (non-hydrogen) atoms. The van der Waals surface area contributed by atoms with Crippen LogP contribution in [0.15, 0.2) is 36.5 Å². The van der Waals surface area contributed by atoms with Gasteiger partial charge in [0, 0.05) is 19.3 Å². The minimum Gasteiger partial charge on any atom is -0.462 e. The van der Waals surface area contributed by atoms with Gasteiger partial charge in [-0.25, -0.2) is 0 Å². The van der Waals surface area contributed by atoms with Gasteiger partial charge in [0.2, 0.25) is 0 Å². The van der Waals surface area contributed by atoms with Crippen molar-refractivity contribution in [3.05, 3.63) is 36.5 Å². The van der Waals surface area contributed by atoms with Crippen LogP contribution in [0.1, 0.15) is 361 Å². The highest BCUT2D eigenvalue weighted by Gasteiger charge is 2.19. The summed E-state index contributed by atoms with van der Waals surface area (Å²) in [4.78, 5) is 38.1. The second-order valence-electron chi connectivity index (χ2n) is 22.4. The molecule has 0 aliphatic rings. The Bertz CT molecular complexity index is 1240. The molecule has 0 radical (unpaired) electrons. The van der Waals surface area contributed by atoms with E-state index in [4.69, 9.17) is 14.2 Å². The third-order valence-electron chi connectivity index (χ3n) is 14.9. The summed E-state index contributed by atoms with van der Waals surface area (Å²) in [6.45, 7) is 6.61. The van der Waals surface area contributed by atoms with Crippen LogP contribution in [0.3, 0.4) is 0 Å². The third kappa shape index (κ3) is 60.5. The first-order valence-electron chi connectivity index (χ1n) is 33.0. The Kier molecular flexibility index (Phi) is 61.1. The smallest absolute Gasteiger partial charge is 0.306 e. The van der Waals surface area contributed by atoms with Crippen molar-refractivity contribution in [1.29, 1.82) is 0 Å². The zero-order chi connectivity index (χ0) is 53.6. The van der Waals surface area contributed by atoms with E-state index in [1.54, 1.807) is 0 Å². The highest BCUT2D eigenvalue weighted by molar-refractivity contribution is 5.71. The first-order chi connectivity index (χ1) is 36.5. The van der Waals surface area contributed by atoms with Gasteiger partial charge in [-0.1, -0.05) is 320 Å². The molecule has 6 heteroatoms. The number of carbonyl (C=O) groups excluding carboxylic acids is 3. The molecule has 0 aromatic carbocycles. The number of hydrogen-bond donors (Lipinski definition) is 0. The highest BCUT2D eigenvalue weighted by atomic mass is 16.6. The van der Waals surface area contributed by atoms with Crippen LogP contribution in [0.5, 0.6) is 0 Å². The standard InChI is InChI=1S/C68H126O6/c1-4-7-10-13-16-18-20-22-24-26-28-29-30-31-32-33-34-35-36-37-38-40-41-43-45-47-49-52-55-58-61-67(70)73-64-65(63-72-66(69)60-57-54-51-15-12-9-6-3)74-68(71)62-59-56-53-50-48-46-44-42-39-27-25-23-21-19-17-14-11-8-5-2/h17,19,23,25,39,42,65H,4-16,18,20-22,24,26-38,40-41,43-64H2,1-3H3/b19-17-,25-23-,42-39-. The van der Waals surface area contributed by atoms with Crippen LogP contribution in [-0.2, 0) is 28.6 Å². The van der Waals surface area contributed by atoms with E-state index in [0.29, 0.717) is 19.3 Å². The Balaban J connectivity index is 4.02. The number of unbranched alkanes of at least 4 members (excludes halogenated alkanes) is 44. The summed E-state index contributed by atoms with van der Waals surface area (Å²) in [7, 11) is 0. The molecule has 1 unspecified atom stereocenters. The van der Waals surface area contributed by atoms with Gasteiger partial charge >= 0.3 is 17.9 Å². The average Bonchev–Trinajstić information content (AvgIpc) is 3.40. The SMILES string of the molecule is CCCCC/C=C\C/C=C\C/C=C\CCCCCCCCC(=O)OC(COC(=O)CCCCCCCCC)COC(=O)CCCCCCCCCCCCCCCCCCCCCCCCCCCCCCCC. The summed E-state index contributed by atoms with van der Waals surface area (Å²) in [6.07, 6.45) is 77.7. The zero-order valence-electron chi connectivity index (χ0n) is 49.9. The van der Waals surface area contributed by atoms with Crippen molar-refractivity contribution in [2.24, 2.45) is 0 Å². The zero-order valence-corrected chi connectivity index (χ0v) is 49.9. The lowest BCUT2D eigenvalue weighted by Gasteiger charge is -2.18. The fourth-order valence-electron chi connectivity index (χ4n) is 9.92. The lowest BCUT2D eigenvalue weighted by atomic mass is 10.0. The Hall–Kier alpha value is -2.37. The number of carbonyl (C=O) groups is 3. The summed E-state index contributed by atoms with van der Waals surface area (Å²) in [5.74, 6) is -0.872. The molecule has 0 N–H and O–H groups in total. The summed E-state index contributed by atoms with van der Waals surface area (Å²) in [6, 6.07) is 0. The minimum absolute atomic E-state index is 0.0733. The predicted molar refractivity (Wildman–Crippen MR) is 321 cm³/mol. The molecule has 0 aromatic heterocycles. The van der Waals surface area contributed by atoms with Gasteiger partial charge in [0.05, 0.1) is 0 Å². The van der Waals surface area contributed by atoms with Crippen LogP contribution < -0.4 is 0 Å². The van der Waals surface area contributed by atoms with Crippen molar-refractivity contribution >= 4 is 17.9 Å². The summed E-state index contributed by atoms with van der Waals surface area (Å²) in [5.41, 5.74) is 0. The maximum Gasteiger partial charge on any atom is 0.306 e. The van der Waals surface area contributed by atoms with Gasteiger partial charge in [0.15, 0.2) is 6.10 Å². The number of ether oxygens (including phenoxy) is 3. The second-order valence-corrected chi connectivity index (χ2v) is 22.4. The van der Waals surface area contributed by atoms with Crippen molar-refractivity contribution in [3.8, 4) is 0 Å². The van der Waals surface area contributed by atoms with Gasteiger partial charge in [-0.15, -0.1) is 0 Å². The Morgan fingerprint density at radius 2 is 0.486 bits per heavy atom. The number of allylic oxidation sites excluding steroid dienone is 6. The van der Waals surface area contributed by atoms with Gasteiger partial charge < -0.3 is 14.2 Å². The van der Waals surface area contributed by atoms with Gasteiger partial charge in [0.25, 0.3) is 0 Å². The summed E-state index contributed by atoms with van der Waals surface area (Å²) < 4.78 is 16.8. The van der Waals surface area contributed by atoms with Crippen molar-refractivity contribution in [2.45, 2.75) is 367 Å². The summed E-state index contributed by atoms with van der Waals surface area (Å²) in [5, 5.41) is 0. The molecule has 0 aliphatic carbocycles. The van der Waals surface area contributed by atoms with Crippen molar-refractivity contribution in [3.63, 3.8) is 0 Å². The molecule has 434 valence electrons. The lowest BCUT2D eigenvalue weighted by molar-refractivity contribution is -0.167. The van der Waals surface area contributed by atoms with E-state index in [-0.39, 0.29) is 31.1 Å². The maximum atomic E-state index is 12.8. The van der Waals surface area contributed by atoms with Crippen LogP contribution in [-0.4, -0.2) is 37.2 Å². The normalized spacial score (nSPS) is 12.2. The van der Waals surface area contributed by atoms with Gasteiger partial charge in [-0.2, -0.15) is 0 Å². The molecule has 0 rings (SSSR count). The monoisotopic (exact) mass is 1040 g/mol. The van der Waals surface area contributed by atoms with E-state index in [1.165, 1.54) is 244 Å². The number of hydrogen-bond acceptors (Lipinski definition) is 6. The fourth-order valence-corrected chi connectivity index (χ4v) is 9.92. The van der Waals surface area contributed by atoms with Crippen LogP contribution >= 0.6 is 0 Å². The largest absolute Gasteiger partial charge is 0.462 e. The van der Waals surface area contributed by atoms with Gasteiger partial charge in [0.1, 0.15) is 13.2 Å². The van der Waals surface area contributed by atoms with Crippen molar-refractivity contribution in [2.75, 3.05) is 13.2 Å². The molecular weight excluding hydrogens is 913 g/mol. The first-order valence-corrected chi connectivity index (χ1v) is 33.0. The molecule has 0 saturated carbocycles. The van der Waals surface area contributed by atoms with Crippen molar-refractivity contribution in [1.82, 2.24) is 0 Å². The molecule has 1 atom stereocenters. The second kappa shape index (κ2) is 63.2. The quantitative estimate of drug-likeness (QED) is 0.0261. The lowest BCUT2D eigenvalue weighted by Crippen LogP contribution is -2.30. The Morgan fingerprint density at radius 1 is 0.270 bits per heavy atom. The predicted octanol–water partition coefficient (Wildman–Crippen LogP) is 22.4. The van der Waals surface area contributed by atoms with Crippen molar-refractivity contribution < 1.29 is 28.6 Å². The average molecular weight is 1040 g/mol. The molecule has 0 saturated heterocycles. The van der Waals surface area contributed by atoms with E-state index < -0.39 is 6.10 Å². The van der Waals surface area contributed by atoms with E-state index in [2.05, 4.69) is 57.2 Å². The van der Waals surface area contributed by atoms with E-state index in [1.807, 2.05) is 0 Å². The van der Waals surface area contributed by atoms with Crippen LogP contribution in [0.2, 0.25) is 0 Å². The van der Waals surface area contributed by atoms with E-state index in [0.717, 1.165) is 77.0 Å². The van der Waals surface area contributed by atoms with Gasteiger partial charge in [-0.3, -0.25) is 14.4 Å². The number of esters is 3. The Labute approximate surface area is 461 Å². The highest BCUT2D eigenvalue weighted by Crippen LogP contribution is 2.18. The fraction of sp³-hybridized carbons (Fsp3) is 0.868. The molecule has 0 spiro atoms. The molecule has 0 aromatic rings. The van der Waals surface area contributed by atoms with E-state index in [9.17, 15) is 14.4 Å². The van der Waals surface area contributed by atoms with E-state index >= 15 is 0 Å². The topological polar surface area (TPSA) is 78.9 Å². The molecule has 0 amide bonds. The molecular formula is C68H126O6. The molecule has 0 bridgehead atoms. The van der Waals surface area contributed by atoms with Crippen LogP contribution in [0, 0.1) is 0 Å². The molecule has 0 fully saturated rings. The van der Waals surface area contributed by atoms with Crippen LogP contribution in [0.25, 0.3) is 0 Å². The van der Waals surface area contributed by atoms with Crippen LogP contribution in [0.4, 0.5) is 0 Å². The van der Waals surface area contributed by atoms with Gasteiger partial charge in [-0.05, 0) is 57.8 Å². The molecule has 0 aliphatic heterocycles. The molecule has 0 heterocycles. The Morgan fingerprint density at radius 3 is 0.784 bits per heavy atom. The third-order valence-corrected chi connectivity index (χ3v) is 14.9. The summed E-state index contributed by atoms with van der Waals surface area (Å²) >= 11 is 0. The minimum atomic E-state index is -0.774.